The van der Waals surface area contributed by atoms with Gasteiger partial charge in [-0.25, -0.2) is 9.18 Å². The van der Waals surface area contributed by atoms with Gasteiger partial charge in [-0.05, 0) is 18.2 Å². The van der Waals surface area contributed by atoms with Gasteiger partial charge in [-0.3, -0.25) is 4.90 Å². The average Bonchev–Trinajstić information content (AvgIpc) is 3.23. The maximum absolute atomic E-state index is 14.1. The van der Waals surface area contributed by atoms with Gasteiger partial charge in [0.1, 0.15) is 18.2 Å². The van der Waals surface area contributed by atoms with E-state index in [4.69, 9.17) is 14.4 Å². The van der Waals surface area contributed by atoms with Crippen LogP contribution in [0.2, 0.25) is 0 Å². The Balaban J connectivity index is 1.65. The molecular formula is C16H19FN4O4. The third-order valence-electron chi connectivity index (χ3n) is 3.86. The number of aliphatic hydroxyl groups is 1. The van der Waals surface area contributed by atoms with Gasteiger partial charge in [0.15, 0.2) is 5.82 Å². The maximum atomic E-state index is 14.1. The molecule has 3 rings (SSSR count). The van der Waals surface area contributed by atoms with Gasteiger partial charge in [0.2, 0.25) is 0 Å². The largest absolute Gasteiger partial charge is 0.442 e. The molecule has 0 unspecified atom stereocenters. The Labute approximate surface area is 143 Å². The Bertz CT molecular complexity index is 725. The van der Waals surface area contributed by atoms with Crippen molar-refractivity contribution in [2.24, 2.45) is 0 Å². The van der Waals surface area contributed by atoms with Gasteiger partial charge in [0, 0.05) is 19.7 Å². The fraction of sp³-hybridized carbons (Fsp3) is 0.375. The SMILES string of the molecule is CN(C[C@H]1CN(c2ccc(NCCO)c(F)c2)C(=O)O1)c1ccon1. The molecule has 0 spiro atoms. The minimum Gasteiger partial charge on any atom is -0.442 e. The number of anilines is 3. The lowest BCUT2D eigenvalue weighted by molar-refractivity contribution is 0.144. The molecule has 1 aliphatic rings. The lowest BCUT2D eigenvalue weighted by Gasteiger charge is -2.19. The highest BCUT2D eigenvalue weighted by Crippen LogP contribution is 2.26. The minimum absolute atomic E-state index is 0.0969. The Kier molecular flexibility index (Phi) is 5.03. The van der Waals surface area contributed by atoms with Crippen molar-refractivity contribution in [2.45, 2.75) is 6.10 Å². The number of carbonyl (C=O) groups excluding carboxylic acids is 1. The van der Waals surface area contributed by atoms with Crippen molar-refractivity contribution in [3.63, 3.8) is 0 Å². The number of ether oxygens (including phenoxy) is 1. The Hall–Kier alpha value is -2.81. The maximum Gasteiger partial charge on any atom is 0.414 e. The second kappa shape index (κ2) is 7.39. The van der Waals surface area contributed by atoms with E-state index in [0.29, 0.717) is 24.6 Å². The van der Waals surface area contributed by atoms with Crippen LogP contribution in [0.15, 0.2) is 35.1 Å². The first-order chi connectivity index (χ1) is 12.1. The molecule has 0 radical (unpaired) electrons. The molecule has 0 saturated carbocycles. The van der Waals surface area contributed by atoms with E-state index in [1.54, 1.807) is 12.1 Å². The van der Waals surface area contributed by atoms with Gasteiger partial charge in [-0.15, -0.1) is 0 Å². The summed E-state index contributed by atoms with van der Waals surface area (Å²) in [4.78, 5) is 15.3. The number of nitrogens with one attached hydrogen (secondary N) is 1. The molecule has 0 bridgehead atoms. The van der Waals surface area contributed by atoms with Crippen LogP contribution in [0, 0.1) is 5.82 Å². The summed E-state index contributed by atoms with van der Waals surface area (Å²) >= 11 is 0. The molecule has 2 aromatic rings. The molecule has 1 aromatic heterocycles. The first-order valence-corrected chi connectivity index (χ1v) is 7.82. The molecule has 25 heavy (non-hydrogen) atoms. The number of likely N-dealkylation sites (N-methyl/N-ethyl adjacent to an activating group) is 1. The first-order valence-electron chi connectivity index (χ1n) is 7.82. The summed E-state index contributed by atoms with van der Waals surface area (Å²) in [5.41, 5.74) is 0.691. The number of aliphatic hydroxyl groups excluding tert-OH is 1. The second-order valence-corrected chi connectivity index (χ2v) is 5.67. The molecule has 1 aromatic carbocycles. The highest BCUT2D eigenvalue weighted by Gasteiger charge is 2.33. The van der Waals surface area contributed by atoms with E-state index in [9.17, 15) is 9.18 Å². The number of cyclic esters (lactones) is 1. The van der Waals surface area contributed by atoms with Crippen LogP contribution in [0.1, 0.15) is 0 Å². The number of hydrogen-bond acceptors (Lipinski definition) is 7. The number of aromatic nitrogens is 1. The number of benzene rings is 1. The molecule has 2 N–H and O–H groups in total. The minimum atomic E-state index is -0.519. The summed E-state index contributed by atoms with van der Waals surface area (Å²) in [6.07, 6.45) is 0.576. The number of carbonyl (C=O) groups is 1. The summed E-state index contributed by atoms with van der Waals surface area (Å²) in [5.74, 6) is 0.141. The molecule has 1 aliphatic heterocycles. The van der Waals surface area contributed by atoms with Gasteiger partial charge in [-0.1, -0.05) is 5.16 Å². The smallest absolute Gasteiger partial charge is 0.414 e. The van der Waals surface area contributed by atoms with Crippen LogP contribution in [0.5, 0.6) is 0 Å². The van der Waals surface area contributed by atoms with Crippen LogP contribution >= 0.6 is 0 Å². The average molecular weight is 350 g/mol. The number of halogens is 1. The van der Waals surface area contributed by atoms with Crippen molar-refractivity contribution in [1.29, 1.82) is 0 Å². The van der Waals surface area contributed by atoms with Gasteiger partial charge in [0.05, 0.1) is 31.1 Å². The third-order valence-corrected chi connectivity index (χ3v) is 3.86. The highest BCUT2D eigenvalue weighted by atomic mass is 19.1. The lowest BCUT2D eigenvalue weighted by Crippen LogP contribution is -2.32. The highest BCUT2D eigenvalue weighted by molar-refractivity contribution is 5.90. The van der Waals surface area contributed by atoms with Crippen LogP contribution in [0.25, 0.3) is 0 Å². The topological polar surface area (TPSA) is 91.1 Å². The number of hydrogen-bond donors (Lipinski definition) is 2. The van der Waals surface area contributed by atoms with Crippen molar-refractivity contribution in [2.75, 3.05) is 48.4 Å². The second-order valence-electron chi connectivity index (χ2n) is 5.67. The van der Waals surface area contributed by atoms with Gasteiger partial charge in [-0.2, -0.15) is 0 Å². The predicted molar refractivity (Wildman–Crippen MR) is 89.4 cm³/mol. The number of rotatable bonds is 7. The fourth-order valence-corrected chi connectivity index (χ4v) is 2.64. The monoisotopic (exact) mass is 350 g/mol. The van der Waals surface area contributed by atoms with Crippen LogP contribution in [-0.4, -0.2) is 55.7 Å². The van der Waals surface area contributed by atoms with Crippen LogP contribution in [0.4, 0.5) is 26.4 Å². The summed E-state index contributed by atoms with van der Waals surface area (Å²) in [6.45, 7) is 0.899. The number of amides is 1. The first kappa shape index (κ1) is 17.0. The summed E-state index contributed by atoms with van der Waals surface area (Å²) in [5, 5.41) is 15.4. The predicted octanol–water partition coefficient (Wildman–Crippen LogP) is 1.68. The Morgan fingerprint density at radius 3 is 3.00 bits per heavy atom. The summed E-state index contributed by atoms with van der Waals surface area (Å²) < 4.78 is 24.2. The lowest BCUT2D eigenvalue weighted by atomic mass is 10.2. The Morgan fingerprint density at radius 1 is 1.48 bits per heavy atom. The molecular weight excluding hydrogens is 331 g/mol. The Morgan fingerprint density at radius 2 is 2.32 bits per heavy atom. The molecule has 2 heterocycles. The van der Waals surface area contributed by atoms with E-state index in [1.807, 2.05) is 11.9 Å². The molecule has 9 heteroatoms. The fourth-order valence-electron chi connectivity index (χ4n) is 2.64. The van der Waals surface area contributed by atoms with E-state index in [2.05, 4.69) is 10.5 Å². The third kappa shape index (κ3) is 3.82. The molecule has 1 atom stereocenters. The normalized spacial score (nSPS) is 16.8. The summed E-state index contributed by atoms with van der Waals surface area (Å²) in [6, 6.07) is 6.14. The van der Waals surface area contributed by atoms with E-state index in [0.717, 1.165) is 0 Å². The van der Waals surface area contributed by atoms with Crippen molar-refractivity contribution in [3.8, 4) is 0 Å². The van der Waals surface area contributed by atoms with Crippen LogP contribution in [-0.2, 0) is 4.74 Å². The van der Waals surface area contributed by atoms with E-state index in [-0.39, 0.29) is 24.9 Å². The van der Waals surface area contributed by atoms with Crippen molar-refractivity contribution in [3.05, 3.63) is 36.3 Å². The van der Waals surface area contributed by atoms with E-state index >= 15 is 0 Å². The summed E-state index contributed by atoms with van der Waals surface area (Å²) in [7, 11) is 1.82. The molecule has 1 fully saturated rings. The van der Waals surface area contributed by atoms with Gasteiger partial charge < -0.3 is 24.6 Å². The van der Waals surface area contributed by atoms with Crippen LogP contribution in [0.3, 0.4) is 0 Å². The van der Waals surface area contributed by atoms with Gasteiger partial charge in [0.25, 0.3) is 0 Å². The zero-order chi connectivity index (χ0) is 17.8. The van der Waals surface area contributed by atoms with Crippen molar-refractivity contribution < 1.29 is 23.6 Å². The molecule has 1 saturated heterocycles. The van der Waals surface area contributed by atoms with Gasteiger partial charge >= 0.3 is 6.09 Å². The number of nitrogens with zero attached hydrogens (tertiary/aromatic N) is 3. The van der Waals surface area contributed by atoms with Crippen molar-refractivity contribution in [1.82, 2.24) is 5.16 Å². The zero-order valence-corrected chi connectivity index (χ0v) is 13.7. The standard InChI is InChI=1S/C16H19FN4O4/c1-20(15-4-7-24-19-15)9-12-10-21(16(23)25-12)11-2-3-14(13(17)8-11)18-5-6-22/h2-4,7-8,12,18,22H,5-6,9-10H2,1H3/t12-/m0/s1. The van der Waals surface area contributed by atoms with Crippen LogP contribution < -0.4 is 15.1 Å². The zero-order valence-electron chi connectivity index (χ0n) is 13.7. The molecule has 0 aliphatic carbocycles. The molecule has 8 nitrogen and oxygen atoms in total. The quantitative estimate of drug-likeness (QED) is 0.785. The molecule has 1 amide bonds. The van der Waals surface area contributed by atoms with E-state index in [1.165, 1.54) is 23.3 Å². The van der Waals surface area contributed by atoms with E-state index < -0.39 is 11.9 Å². The van der Waals surface area contributed by atoms with Crippen molar-refractivity contribution >= 4 is 23.3 Å². The molecule has 134 valence electrons.